The van der Waals surface area contributed by atoms with Gasteiger partial charge in [-0.3, -0.25) is 14.0 Å². The molecule has 0 bridgehead atoms. The van der Waals surface area contributed by atoms with E-state index in [9.17, 15) is 14.4 Å². The fraction of sp³-hybridized carbons (Fsp3) is 0.130. The van der Waals surface area contributed by atoms with Gasteiger partial charge in [-0.2, -0.15) is 0 Å². The van der Waals surface area contributed by atoms with Crippen LogP contribution in [-0.4, -0.2) is 32.0 Å². The molecule has 0 aliphatic rings. The van der Waals surface area contributed by atoms with E-state index in [1.165, 1.54) is 15.1 Å². The molecule has 2 amide bonds. The van der Waals surface area contributed by atoms with Gasteiger partial charge in [0, 0.05) is 11.9 Å². The van der Waals surface area contributed by atoms with Crippen LogP contribution in [0.2, 0.25) is 10.0 Å². The summed E-state index contributed by atoms with van der Waals surface area (Å²) in [6.45, 7) is 1.80. The summed E-state index contributed by atoms with van der Waals surface area (Å²) in [5.41, 5.74) is 1.79. The van der Waals surface area contributed by atoms with Crippen molar-refractivity contribution in [3.63, 3.8) is 0 Å². The van der Waals surface area contributed by atoms with Crippen molar-refractivity contribution in [2.75, 3.05) is 5.32 Å². The molecule has 168 valence electrons. The first-order chi connectivity index (χ1) is 15.8. The zero-order chi connectivity index (χ0) is 23.5. The quantitative estimate of drug-likeness (QED) is 0.437. The molecule has 10 heteroatoms. The van der Waals surface area contributed by atoms with E-state index in [1.54, 1.807) is 55.6 Å². The lowest BCUT2D eigenvalue weighted by molar-refractivity contribution is -0.117. The molecule has 0 fully saturated rings. The van der Waals surface area contributed by atoms with Gasteiger partial charge in [-0.15, -0.1) is 5.10 Å². The van der Waals surface area contributed by atoms with E-state index in [1.807, 2.05) is 12.1 Å². The van der Waals surface area contributed by atoms with Gasteiger partial charge in [0.15, 0.2) is 5.65 Å². The van der Waals surface area contributed by atoms with Crippen molar-refractivity contribution < 1.29 is 9.59 Å². The highest BCUT2D eigenvalue weighted by atomic mass is 35.5. The molecule has 0 aliphatic carbocycles. The van der Waals surface area contributed by atoms with Gasteiger partial charge in [-0.1, -0.05) is 47.5 Å². The van der Waals surface area contributed by atoms with E-state index < -0.39 is 17.9 Å². The Bertz CT molecular complexity index is 1410. The average molecular weight is 484 g/mol. The molecule has 2 aromatic carbocycles. The van der Waals surface area contributed by atoms with Crippen LogP contribution in [0.4, 0.5) is 5.69 Å². The first-order valence-electron chi connectivity index (χ1n) is 10.0. The van der Waals surface area contributed by atoms with E-state index in [0.29, 0.717) is 11.3 Å². The summed E-state index contributed by atoms with van der Waals surface area (Å²) in [6.07, 6.45) is 1.66. The Kier molecular flexibility index (Phi) is 6.48. The van der Waals surface area contributed by atoms with Gasteiger partial charge in [-0.25, -0.2) is 9.48 Å². The second-order valence-electron chi connectivity index (χ2n) is 7.36. The first-order valence-corrected chi connectivity index (χ1v) is 10.8. The maximum Gasteiger partial charge on any atom is 0.350 e. The van der Waals surface area contributed by atoms with Crippen LogP contribution >= 0.6 is 23.2 Å². The van der Waals surface area contributed by atoms with Gasteiger partial charge >= 0.3 is 5.69 Å². The van der Waals surface area contributed by atoms with Gasteiger partial charge < -0.3 is 10.6 Å². The van der Waals surface area contributed by atoms with Crippen molar-refractivity contribution >= 4 is 46.4 Å². The summed E-state index contributed by atoms with van der Waals surface area (Å²) in [5.74, 6) is -0.923. The Labute approximate surface area is 198 Å². The molecule has 1 unspecified atom stereocenters. The number of aromatic nitrogens is 3. The van der Waals surface area contributed by atoms with Crippen LogP contribution in [-0.2, 0) is 11.3 Å². The van der Waals surface area contributed by atoms with Crippen LogP contribution in [0.15, 0.2) is 71.7 Å². The molecule has 4 aromatic rings. The minimum atomic E-state index is -0.836. The number of benzene rings is 2. The van der Waals surface area contributed by atoms with Crippen molar-refractivity contribution in [3.8, 4) is 0 Å². The second-order valence-corrected chi connectivity index (χ2v) is 8.14. The predicted octanol–water partition coefficient (Wildman–Crippen LogP) is 3.61. The molecule has 0 spiro atoms. The highest BCUT2D eigenvalue weighted by molar-refractivity contribution is 6.43. The summed E-state index contributed by atoms with van der Waals surface area (Å²) >= 11 is 12.0. The fourth-order valence-electron chi connectivity index (χ4n) is 3.26. The number of amides is 2. The lowest BCUT2D eigenvalue weighted by atomic mass is 10.1. The minimum absolute atomic E-state index is 0.124. The zero-order valence-corrected chi connectivity index (χ0v) is 19.0. The van der Waals surface area contributed by atoms with E-state index in [-0.39, 0.29) is 27.8 Å². The molecule has 0 radical (unpaired) electrons. The SMILES string of the molecule is CC(NC(=O)c1cccc(Cl)c1Cl)C(=O)Nc1cccc(Cn2nc3ccccn3c2=O)c1. The smallest absolute Gasteiger partial charge is 0.340 e. The lowest BCUT2D eigenvalue weighted by Gasteiger charge is -2.15. The highest BCUT2D eigenvalue weighted by Gasteiger charge is 2.19. The van der Waals surface area contributed by atoms with E-state index in [2.05, 4.69) is 15.7 Å². The van der Waals surface area contributed by atoms with Crippen LogP contribution < -0.4 is 16.3 Å². The summed E-state index contributed by atoms with van der Waals surface area (Å²) < 4.78 is 2.82. The average Bonchev–Trinajstić information content (AvgIpc) is 3.11. The standard InChI is InChI=1S/C23H19Cl2N5O3/c1-14(26-22(32)17-8-5-9-18(24)20(17)25)21(31)27-16-7-4-6-15(12-16)13-30-23(33)29-11-3-2-10-19(29)28-30/h2-12,14H,13H2,1H3,(H,26,32)(H,27,31). The molecular weight excluding hydrogens is 465 g/mol. The second kappa shape index (κ2) is 9.48. The monoisotopic (exact) mass is 483 g/mol. The van der Waals surface area contributed by atoms with Crippen LogP contribution in [0.5, 0.6) is 0 Å². The number of hydrogen-bond acceptors (Lipinski definition) is 4. The summed E-state index contributed by atoms with van der Waals surface area (Å²) in [4.78, 5) is 37.6. The molecule has 1 atom stereocenters. The molecule has 2 heterocycles. The number of hydrogen-bond donors (Lipinski definition) is 2. The number of carbonyl (C=O) groups is 2. The van der Waals surface area contributed by atoms with Crippen molar-refractivity contribution in [1.82, 2.24) is 19.5 Å². The van der Waals surface area contributed by atoms with Gasteiger partial charge in [0.2, 0.25) is 5.91 Å². The van der Waals surface area contributed by atoms with Crippen LogP contribution in [0.1, 0.15) is 22.8 Å². The zero-order valence-electron chi connectivity index (χ0n) is 17.5. The molecule has 8 nitrogen and oxygen atoms in total. The molecule has 0 saturated heterocycles. The molecule has 2 aromatic heterocycles. The van der Waals surface area contributed by atoms with Crippen molar-refractivity contribution in [2.45, 2.75) is 19.5 Å². The van der Waals surface area contributed by atoms with Crippen molar-refractivity contribution in [2.24, 2.45) is 0 Å². The fourth-order valence-corrected chi connectivity index (χ4v) is 3.65. The maximum absolute atomic E-state index is 12.6. The van der Waals surface area contributed by atoms with Crippen molar-refractivity contribution in [1.29, 1.82) is 0 Å². The van der Waals surface area contributed by atoms with Crippen LogP contribution in [0.25, 0.3) is 5.65 Å². The third-order valence-corrected chi connectivity index (χ3v) is 5.77. The van der Waals surface area contributed by atoms with E-state index in [0.717, 1.165) is 5.56 Å². The van der Waals surface area contributed by atoms with Gasteiger partial charge in [-0.05, 0) is 48.9 Å². The molecule has 2 N–H and O–H groups in total. The third kappa shape index (κ3) is 4.92. The Morgan fingerprint density at radius 1 is 1.06 bits per heavy atom. The Balaban J connectivity index is 1.43. The number of nitrogens with one attached hydrogen (secondary N) is 2. The minimum Gasteiger partial charge on any atom is -0.340 e. The number of rotatable bonds is 6. The molecule has 0 aliphatic heterocycles. The largest absolute Gasteiger partial charge is 0.350 e. The van der Waals surface area contributed by atoms with E-state index >= 15 is 0 Å². The Morgan fingerprint density at radius 3 is 2.64 bits per heavy atom. The van der Waals surface area contributed by atoms with E-state index in [4.69, 9.17) is 23.2 Å². The van der Waals surface area contributed by atoms with Gasteiger partial charge in [0.1, 0.15) is 6.04 Å². The first kappa shape index (κ1) is 22.6. The number of nitrogens with zero attached hydrogens (tertiary/aromatic N) is 3. The Morgan fingerprint density at radius 2 is 1.85 bits per heavy atom. The maximum atomic E-state index is 12.6. The van der Waals surface area contributed by atoms with Gasteiger partial charge in [0.25, 0.3) is 5.91 Å². The van der Waals surface area contributed by atoms with Crippen molar-refractivity contribution in [3.05, 3.63) is 98.5 Å². The number of pyridine rings is 1. The molecule has 4 rings (SSSR count). The van der Waals surface area contributed by atoms with Crippen LogP contribution in [0.3, 0.4) is 0 Å². The highest BCUT2D eigenvalue weighted by Crippen LogP contribution is 2.25. The number of fused-ring (bicyclic) bond motifs is 1. The van der Waals surface area contributed by atoms with Crippen LogP contribution in [0, 0.1) is 0 Å². The molecule has 0 saturated carbocycles. The number of anilines is 1. The number of halogens is 2. The molecule has 33 heavy (non-hydrogen) atoms. The summed E-state index contributed by atoms with van der Waals surface area (Å²) in [5, 5.41) is 10.1. The predicted molar refractivity (Wildman–Crippen MR) is 127 cm³/mol. The topological polar surface area (TPSA) is 97.5 Å². The lowest BCUT2D eigenvalue weighted by Crippen LogP contribution is -2.41. The number of carbonyl (C=O) groups excluding carboxylic acids is 2. The van der Waals surface area contributed by atoms with Gasteiger partial charge in [0.05, 0.1) is 22.2 Å². The summed E-state index contributed by atoms with van der Waals surface area (Å²) in [7, 11) is 0. The Hall–Kier alpha value is -3.62. The summed E-state index contributed by atoms with van der Waals surface area (Å²) in [6, 6.07) is 16.3. The molecular formula is C23H19Cl2N5O3. The third-order valence-electron chi connectivity index (χ3n) is 4.95. The normalized spacial score (nSPS) is 11.8.